The molecule has 3 N–H and O–H groups in total. The molecule has 1 fully saturated rings. The molecule has 0 aromatic heterocycles. The molecule has 7 heteroatoms. The van der Waals surface area contributed by atoms with Gasteiger partial charge in [0.1, 0.15) is 6.04 Å². The van der Waals surface area contributed by atoms with Crippen LogP contribution in [-0.2, 0) is 14.4 Å². The summed E-state index contributed by atoms with van der Waals surface area (Å²) in [6.07, 6.45) is 2.25. The van der Waals surface area contributed by atoms with Gasteiger partial charge in [0.15, 0.2) is 0 Å². The van der Waals surface area contributed by atoms with Crippen LogP contribution >= 0.6 is 0 Å². The van der Waals surface area contributed by atoms with E-state index in [0.717, 1.165) is 0 Å². The van der Waals surface area contributed by atoms with Crippen molar-refractivity contribution in [3.8, 4) is 0 Å². The fraction of sp³-hybridized carbons (Fsp3) is 0.833. The van der Waals surface area contributed by atoms with Gasteiger partial charge in [-0.05, 0) is 31.6 Å². The maximum atomic E-state index is 12.9. The molecule has 1 aliphatic rings. The number of β-amino-alcohol motifs (C(OH)–C–C–N with tert-alkyl or cyclic N) is 1. The van der Waals surface area contributed by atoms with E-state index in [0.29, 0.717) is 32.2 Å². The molecule has 144 valence electrons. The van der Waals surface area contributed by atoms with Crippen LogP contribution in [0.2, 0.25) is 0 Å². The number of nitrogens with one attached hydrogen (secondary N) is 1. The summed E-state index contributed by atoms with van der Waals surface area (Å²) in [5.41, 5.74) is -0.441. The van der Waals surface area contributed by atoms with E-state index in [4.69, 9.17) is 5.11 Å². The summed E-state index contributed by atoms with van der Waals surface area (Å²) in [4.78, 5) is 37.2. The zero-order valence-corrected chi connectivity index (χ0v) is 15.7. The number of likely N-dealkylation sites (tertiary alicyclic amines) is 1. The second-order valence-electron chi connectivity index (χ2n) is 8.05. The predicted molar refractivity (Wildman–Crippen MR) is 93.9 cm³/mol. The van der Waals surface area contributed by atoms with E-state index in [1.807, 2.05) is 27.7 Å². The first-order valence-corrected chi connectivity index (χ1v) is 9.02. The SMILES string of the molecule is C[C@@H]1C[C@@H](O)CN1C(=O)[C@@H](NC(=O)CCCCCC(=O)O)C(C)(C)C. The monoisotopic (exact) mass is 356 g/mol. The topological polar surface area (TPSA) is 107 Å². The summed E-state index contributed by atoms with van der Waals surface area (Å²) < 4.78 is 0. The van der Waals surface area contributed by atoms with Crippen LogP contribution in [0, 0.1) is 5.41 Å². The minimum Gasteiger partial charge on any atom is -0.481 e. The number of nitrogens with zero attached hydrogens (tertiary/aromatic N) is 1. The second-order valence-corrected chi connectivity index (χ2v) is 8.05. The van der Waals surface area contributed by atoms with E-state index in [1.165, 1.54) is 0 Å². The van der Waals surface area contributed by atoms with Gasteiger partial charge in [-0.25, -0.2) is 0 Å². The van der Waals surface area contributed by atoms with Crippen LogP contribution in [0.5, 0.6) is 0 Å². The van der Waals surface area contributed by atoms with Crippen molar-refractivity contribution in [2.45, 2.75) is 84.4 Å². The molecule has 1 aliphatic heterocycles. The standard InChI is InChI=1S/C18H32N2O5/c1-12-10-13(21)11-20(12)17(25)16(18(2,3)4)19-14(22)8-6-5-7-9-15(23)24/h12-13,16,21H,5-11H2,1-4H3,(H,19,22)(H,23,24)/t12-,13-,16-/m1/s1. The summed E-state index contributed by atoms with van der Waals surface area (Å²) >= 11 is 0. The average molecular weight is 356 g/mol. The van der Waals surface area contributed by atoms with Crippen LogP contribution in [0.25, 0.3) is 0 Å². The zero-order valence-electron chi connectivity index (χ0n) is 15.7. The highest BCUT2D eigenvalue weighted by atomic mass is 16.4. The van der Waals surface area contributed by atoms with Crippen molar-refractivity contribution in [3.63, 3.8) is 0 Å². The third-order valence-corrected chi connectivity index (χ3v) is 4.55. The van der Waals surface area contributed by atoms with Crippen LogP contribution < -0.4 is 5.32 Å². The lowest BCUT2D eigenvalue weighted by molar-refractivity contribution is -0.140. The molecule has 25 heavy (non-hydrogen) atoms. The lowest BCUT2D eigenvalue weighted by atomic mass is 9.85. The maximum Gasteiger partial charge on any atom is 0.303 e. The molecule has 1 heterocycles. The molecule has 2 amide bonds. The Hall–Kier alpha value is -1.63. The van der Waals surface area contributed by atoms with Crippen LogP contribution in [0.15, 0.2) is 0 Å². The molecule has 0 aromatic carbocycles. The van der Waals surface area contributed by atoms with Gasteiger partial charge in [-0.2, -0.15) is 0 Å². The smallest absolute Gasteiger partial charge is 0.303 e. The Morgan fingerprint density at radius 1 is 1.16 bits per heavy atom. The van der Waals surface area contributed by atoms with E-state index in [-0.39, 0.29) is 30.7 Å². The van der Waals surface area contributed by atoms with Gasteiger partial charge in [0, 0.05) is 25.4 Å². The van der Waals surface area contributed by atoms with Gasteiger partial charge in [0.05, 0.1) is 6.10 Å². The molecule has 0 spiro atoms. The molecule has 3 atom stereocenters. The van der Waals surface area contributed by atoms with Crippen LogP contribution in [0.3, 0.4) is 0 Å². The van der Waals surface area contributed by atoms with Crippen molar-refractivity contribution < 1.29 is 24.6 Å². The number of aliphatic hydroxyl groups excluding tert-OH is 1. The average Bonchev–Trinajstić information content (AvgIpc) is 2.81. The van der Waals surface area contributed by atoms with Gasteiger partial charge >= 0.3 is 5.97 Å². The summed E-state index contributed by atoms with van der Waals surface area (Å²) in [7, 11) is 0. The number of carbonyl (C=O) groups is 3. The fourth-order valence-corrected chi connectivity index (χ4v) is 3.10. The number of carboxylic acid groups (broad SMARTS) is 1. The van der Waals surface area contributed by atoms with E-state index >= 15 is 0 Å². The predicted octanol–water partition coefficient (Wildman–Crippen LogP) is 1.53. The lowest BCUT2D eigenvalue weighted by Gasteiger charge is -2.35. The van der Waals surface area contributed by atoms with Crippen molar-refractivity contribution in [3.05, 3.63) is 0 Å². The van der Waals surface area contributed by atoms with Crippen LogP contribution in [0.1, 0.15) is 66.2 Å². The van der Waals surface area contributed by atoms with Crippen molar-refractivity contribution >= 4 is 17.8 Å². The Morgan fingerprint density at radius 3 is 2.24 bits per heavy atom. The Kier molecular flexibility index (Phi) is 7.86. The van der Waals surface area contributed by atoms with Gasteiger partial charge < -0.3 is 20.4 Å². The summed E-state index contributed by atoms with van der Waals surface area (Å²) in [5.74, 6) is -1.18. The number of aliphatic carboxylic acids is 1. The lowest BCUT2D eigenvalue weighted by Crippen LogP contribution is -2.55. The van der Waals surface area contributed by atoms with Crippen molar-refractivity contribution in [1.82, 2.24) is 10.2 Å². The highest BCUT2D eigenvalue weighted by Gasteiger charge is 2.40. The van der Waals surface area contributed by atoms with Crippen LogP contribution in [-0.4, -0.2) is 57.6 Å². The molecule has 7 nitrogen and oxygen atoms in total. The fourth-order valence-electron chi connectivity index (χ4n) is 3.10. The Labute approximate surface area is 149 Å². The summed E-state index contributed by atoms with van der Waals surface area (Å²) in [5, 5.41) is 21.2. The second kappa shape index (κ2) is 9.17. The number of carbonyl (C=O) groups excluding carboxylic acids is 2. The molecular weight excluding hydrogens is 324 g/mol. The van der Waals surface area contributed by atoms with E-state index < -0.39 is 23.5 Å². The van der Waals surface area contributed by atoms with E-state index in [1.54, 1.807) is 4.90 Å². The van der Waals surface area contributed by atoms with Crippen molar-refractivity contribution in [2.75, 3.05) is 6.54 Å². The van der Waals surface area contributed by atoms with Gasteiger partial charge in [0.25, 0.3) is 0 Å². The summed E-state index contributed by atoms with van der Waals surface area (Å²) in [6.45, 7) is 7.91. The Bertz CT molecular complexity index is 486. The number of aliphatic hydroxyl groups is 1. The zero-order chi connectivity index (χ0) is 19.2. The molecule has 0 unspecified atom stereocenters. The number of unbranched alkanes of at least 4 members (excludes halogenated alkanes) is 2. The van der Waals surface area contributed by atoms with Gasteiger partial charge in [-0.15, -0.1) is 0 Å². The first-order valence-electron chi connectivity index (χ1n) is 9.02. The maximum absolute atomic E-state index is 12.9. The first kappa shape index (κ1) is 21.4. The summed E-state index contributed by atoms with van der Waals surface area (Å²) in [6, 6.07) is -0.688. The Morgan fingerprint density at radius 2 is 1.76 bits per heavy atom. The number of hydrogen-bond donors (Lipinski definition) is 3. The van der Waals surface area contributed by atoms with E-state index in [9.17, 15) is 19.5 Å². The molecule has 1 saturated heterocycles. The minimum absolute atomic E-state index is 0.0414. The van der Waals surface area contributed by atoms with E-state index in [2.05, 4.69) is 5.32 Å². The minimum atomic E-state index is -0.829. The molecule has 1 rings (SSSR count). The van der Waals surface area contributed by atoms with Gasteiger partial charge in [-0.3, -0.25) is 14.4 Å². The first-order chi connectivity index (χ1) is 11.5. The molecular formula is C18H32N2O5. The molecule has 0 radical (unpaired) electrons. The quantitative estimate of drug-likeness (QED) is 0.572. The third-order valence-electron chi connectivity index (χ3n) is 4.55. The van der Waals surface area contributed by atoms with Crippen LogP contribution in [0.4, 0.5) is 0 Å². The van der Waals surface area contributed by atoms with Gasteiger partial charge in [-0.1, -0.05) is 27.2 Å². The molecule has 0 saturated carbocycles. The highest BCUT2D eigenvalue weighted by Crippen LogP contribution is 2.25. The number of hydrogen-bond acceptors (Lipinski definition) is 4. The number of carboxylic acids is 1. The molecule has 0 aliphatic carbocycles. The number of rotatable bonds is 8. The Balaban J connectivity index is 2.57. The normalized spacial score (nSPS) is 21.9. The molecule has 0 aromatic rings. The van der Waals surface area contributed by atoms with Crippen molar-refractivity contribution in [1.29, 1.82) is 0 Å². The number of amides is 2. The van der Waals surface area contributed by atoms with Crippen molar-refractivity contribution in [2.24, 2.45) is 5.41 Å². The largest absolute Gasteiger partial charge is 0.481 e. The molecule has 0 bridgehead atoms. The highest BCUT2D eigenvalue weighted by molar-refractivity contribution is 5.88. The third kappa shape index (κ3) is 7.02. The van der Waals surface area contributed by atoms with Gasteiger partial charge in [0.2, 0.25) is 11.8 Å².